The topological polar surface area (TPSA) is 17.1 Å². The van der Waals surface area contributed by atoms with Gasteiger partial charge in [0.05, 0.1) is 16.7 Å². The molecule has 0 aliphatic rings. The van der Waals surface area contributed by atoms with Gasteiger partial charge in [-0.15, -0.1) is 0 Å². The van der Waals surface area contributed by atoms with Crippen molar-refractivity contribution in [2.24, 2.45) is 0 Å². The number of ketones is 1. The van der Waals surface area contributed by atoms with E-state index in [9.17, 15) is 44.3 Å². The number of benzene rings is 1. The molecule has 0 spiro atoms. The fourth-order valence-corrected chi connectivity index (χ4v) is 1.60. The van der Waals surface area contributed by atoms with E-state index in [4.69, 9.17) is 0 Å². The molecule has 0 aliphatic heterocycles. The van der Waals surface area contributed by atoms with Crippen LogP contribution < -0.4 is 0 Å². The zero-order chi connectivity index (χ0) is 16.8. The van der Waals surface area contributed by atoms with Crippen molar-refractivity contribution < 1.29 is 44.3 Å². The van der Waals surface area contributed by atoms with Crippen LogP contribution in [0.2, 0.25) is 0 Å². The molecule has 21 heavy (non-hydrogen) atoms. The number of hydrogen-bond acceptors (Lipinski definition) is 1. The lowest BCUT2D eigenvalue weighted by atomic mass is 9.94. The minimum Gasteiger partial charge on any atom is -0.295 e. The van der Waals surface area contributed by atoms with Gasteiger partial charge in [-0.25, -0.2) is 0 Å². The molecule has 1 rings (SSSR count). The first-order chi connectivity index (χ1) is 9.15. The predicted molar refractivity (Wildman–Crippen MR) is 51.5 cm³/mol. The Kier molecular flexibility index (Phi) is 4.05. The number of alkyl halides is 9. The molecule has 0 radical (unpaired) electrons. The van der Waals surface area contributed by atoms with Crippen LogP contribution in [0.5, 0.6) is 0 Å². The fraction of sp³-hybridized carbons (Fsp3) is 0.364. The second-order valence-corrected chi connectivity index (χ2v) is 4.00. The third-order valence-corrected chi connectivity index (χ3v) is 2.44. The van der Waals surface area contributed by atoms with Gasteiger partial charge in [0, 0.05) is 5.56 Å². The van der Waals surface area contributed by atoms with Crippen LogP contribution in [0.3, 0.4) is 0 Å². The third kappa shape index (κ3) is 3.67. The van der Waals surface area contributed by atoms with Crippen molar-refractivity contribution in [1.82, 2.24) is 0 Å². The quantitative estimate of drug-likeness (QED) is 0.528. The summed E-state index contributed by atoms with van der Waals surface area (Å²) in [5.41, 5.74) is -9.06. The first kappa shape index (κ1) is 17.3. The molecule has 0 heterocycles. The van der Waals surface area contributed by atoms with Crippen LogP contribution in [0, 0.1) is 0 Å². The highest BCUT2D eigenvalue weighted by Crippen LogP contribution is 2.47. The Morgan fingerprint density at radius 2 is 1.10 bits per heavy atom. The Bertz CT molecular complexity index is 528. The van der Waals surface area contributed by atoms with Crippen LogP contribution in [0.15, 0.2) is 12.1 Å². The van der Waals surface area contributed by atoms with Gasteiger partial charge in [0.15, 0.2) is 5.78 Å². The van der Waals surface area contributed by atoms with Crippen LogP contribution in [0.1, 0.15) is 34.0 Å². The average molecular weight is 324 g/mol. The molecular formula is C11H5F9O. The van der Waals surface area contributed by atoms with Crippen molar-refractivity contribution in [3.63, 3.8) is 0 Å². The molecule has 0 fully saturated rings. The van der Waals surface area contributed by atoms with Crippen molar-refractivity contribution in [1.29, 1.82) is 0 Å². The lowest BCUT2D eigenvalue weighted by Gasteiger charge is -2.21. The molecule has 0 aromatic heterocycles. The van der Waals surface area contributed by atoms with Crippen LogP contribution in [-0.4, -0.2) is 5.78 Å². The maximum Gasteiger partial charge on any atom is 0.417 e. The van der Waals surface area contributed by atoms with Crippen molar-refractivity contribution in [3.8, 4) is 0 Å². The van der Waals surface area contributed by atoms with E-state index in [1.54, 1.807) is 0 Å². The van der Waals surface area contributed by atoms with Gasteiger partial charge in [0.2, 0.25) is 0 Å². The highest BCUT2D eigenvalue weighted by atomic mass is 19.4. The number of carbonyl (C=O) groups excluding carboxylic acids is 1. The van der Waals surface area contributed by atoms with Crippen LogP contribution in [0.25, 0.3) is 0 Å². The summed E-state index contributed by atoms with van der Waals surface area (Å²) in [6.07, 6.45) is -17.3. The molecule has 0 N–H and O–H groups in total. The summed E-state index contributed by atoms with van der Waals surface area (Å²) in [6.45, 7) is 0.642. The maximum absolute atomic E-state index is 12.6. The van der Waals surface area contributed by atoms with Gasteiger partial charge < -0.3 is 0 Å². The molecule has 118 valence electrons. The SMILES string of the molecule is CC(=O)c1cc(C(F)(F)F)c(C(F)(F)F)c(C(F)(F)F)c1. The summed E-state index contributed by atoms with van der Waals surface area (Å²) >= 11 is 0. The van der Waals surface area contributed by atoms with E-state index < -0.39 is 46.6 Å². The minimum atomic E-state index is -5.88. The number of Topliss-reactive ketones (excluding diaryl/α,β-unsaturated/α-hetero) is 1. The first-order valence-electron chi connectivity index (χ1n) is 5.06. The molecule has 0 aliphatic carbocycles. The third-order valence-electron chi connectivity index (χ3n) is 2.44. The van der Waals surface area contributed by atoms with Crippen molar-refractivity contribution in [2.45, 2.75) is 25.5 Å². The Labute approximate surface area is 111 Å². The fourth-order valence-electron chi connectivity index (χ4n) is 1.60. The molecule has 1 aromatic rings. The van der Waals surface area contributed by atoms with Gasteiger partial charge in [-0.05, 0) is 19.1 Å². The standard InChI is InChI=1S/C11H5F9O/c1-4(21)5-2-6(9(12,13)14)8(11(18,19)20)7(3-5)10(15,16)17/h2-3H,1H3. The summed E-state index contributed by atoms with van der Waals surface area (Å²) in [5.74, 6) is -1.22. The molecule has 0 amide bonds. The van der Waals surface area contributed by atoms with E-state index in [1.807, 2.05) is 0 Å². The van der Waals surface area contributed by atoms with Gasteiger partial charge in [0.25, 0.3) is 0 Å². The van der Waals surface area contributed by atoms with Gasteiger partial charge in [-0.1, -0.05) is 0 Å². The van der Waals surface area contributed by atoms with Crippen molar-refractivity contribution in [2.75, 3.05) is 0 Å². The van der Waals surface area contributed by atoms with Gasteiger partial charge in [-0.3, -0.25) is 4.79 Å². The molecule has 1 nitrogen and oxygen atoms in total. The summed E-state index contributed by atoms with van der Waals surface area (Å²) in [6, 6.07) is -0.471. The van der Waals surface area contributed by atoms with Gasteiger partial charge >= 0.3 is 18.5 Å². The Hall–Kier alpha value is -1.74. The van der Waals surface area contributed by atoms with Crippen molar-refractivity contribution >= 4 is 5.78 Å². The monoisotopic (exact) mass is 324 g/mol. The maximum atomic E-state index is 12.6. The number of rotatable bonds is 1. The van der Waals surface area contributed by atoms with E-state index in [2.05, 4.69) is 0 Å². The predicted octanol–water partition coefficient (Wildman–Crippen LogP) is 4.95. The Morgan fingerprint density at radius 3 is 1.29 bits per heavy atom. The summed E-state index contributed by atoms with van der Waals surface area (Å²) < 4.78 is 114. The lowest BCUT2D eigenvalue weighted by molar-refractivity contribution is -0.174. The molecule has 0 atom stereocenters. The van der Waals surface area contributed by atoms with E-state index in [0.29, 0.717) is 6.92 Å². The van der Waals surface area contributed by atoms with Gasteiger partial charge in [0.1, 0.15) is 0 Å². The molecule has 0 saturated heterocycles. The van der Waals surface area contributed by atoms with Crippen LogP contribution >= 0.6 is 0 Å². The summed E-state index contributed by atoms with van der Waals surface area (Å²) in [5, 5.41) is 0. The number of carbonyl (C=O) groups is 1. The molecule has 0 bridgehead atoms. The number of hydrogen-bond donors (Lipinski definition) is 0. The Morgan fingerprint density at radius 1 is 0.762 bits per heavy atom. The zero-order valence-electron chi connectivity index (χ0n) is 9.96. The highest BCUT2D eigenvalue weighted by molar-refractivity contribution is 5.94. The highest BCUT2D eigenvalue weighted by Gasteiger charge is 2.50. The first-order valence-corrected chi connectivity index (χ1v) is 5.06. The Balaban J connectivity index is 3.93. The largest absolute Gasteiger partial charge is 0.417 e. The second-order valence-electron chi connectivity index (χ2n) is 4.00. The van der Waals surface area contributed by atoms with E-state index in [0.717, 1.165) is 0 Å². The smallest absolute Gasteiger partial charge is 0.295 e. The normalized spacial score (nSPS) is 13.4. The molecule has 10 heteroatoms. The van der Waals surface area contributed by atoms with E-state index >= 15 is 0 Å². The number of halogens is 9. The van der Waals surface area contributed by atoms with Crippen molar-refractivity contribution in [3.05, 3.63) is 34.4 Å². The molecule has 1 aromatic carbocycles. The zero-order valence-corrected chi connectivity index (χ0v) is 9.96. The van der Waals surface area contributed by atoms with Crippen LogP contribution in [0.4, 0.5) is 39.5 Å². The minimum absolute atomic E-state index is 0.236. The van der Waals surface area contributed by atoms with Crippen LogP contribution in [-0.2, 0) is 18.5 Å². The van der Waals surface area contributed by atoms with E-state index in [-0.39, 0.29) is 12.1 Å². The molecule has 0 saturated carbocycles. The molecule has 0 unspecified atom stereocenters. The average Bonchev–Trinajstić information content (AvgIpc) is 2.23. The summed E-state index contributed by atoms with van der Waals surface area (Å²) in [4.78, 5) is 10.9. The summed E-state index contributed by atoms with van der Waals surface area (Å²) in [7, 11) is 0. The van der Waals surface area contributed by atoms with Gasteiger partial charge in [-0.2, -0.15) is 39.5 Å². The lowest BCUT2D eigenvalue weighted by Crippen LogP contribution is -2.24. The van der Waals surface area contributed by atoms with E-state index in [1.165, 1.54) is 0 Å². The second kappa shape index (κ2) is 4.92. The molecular weight excluding hydrogens is 319 g/mol.